The maximum Gasteiger partial charge on any atom is 0.167 e. The Bertz CT molecular complexity index is 667. The third kappa shape index (κ3) is 3.28. The van der Waals surface area contributed by atoms with Gasteiger partial charge in [0.2, 0.25) is 0 Å². The van der Waals surface area contributed by atoms with E-state index in [2.05, 4.69) is 27.3 Å². The number of nitrogens with zero attached hydrogens (tertiary/aromatic N) is 1. The predicted molar refractivity (Wildman–Crippen MR) is 79.7 cm³/mol. The molecule has 2 aromatic carbocycles. The molecule has 0 bridgehead atoms. The van der Waals surface area contributed by atoms with Crippen molar-refractivity contribution in [2.24, 2.45) is 0 Å². The molecule has 0 aromatic heterocycles. The van der Waals surface area contributed by atoms with Gasteiger partial charge in [-0.15, -0.1) is 0 Å². The topological polar surface area (TPSA) is 45.0 Å². The number of halogens is 2. The van der Waals surface area contributed by atoms with Crippen LogP contribution < -0.4 is 10.1 Å². The van der Waals surface area contributed by atoms with Crippen molar-refractivity contribution in [3.8, 4) is 11.8 Å². The summed E-state index contributed by atoms with van der Waals surface area (Å²) >= 11 is 3.34. The van der Waals surface area contributed by atoms with Gasteiger partial charge in [-0.05, 0) is 37.3 Å². The molecule has 1 N–H and O–H groups in total. The first-order chi connectivity index (χ1) is 9.63. The van der Waals surface area contributed by atoms with Crippen LogP contribution in [-0.2, 0) is 0 Å². The largest absolute Gasteiger partial charge is 0.491 e. The molecule has 0 saturated carbocycles. The van der Waals surface area contributed by atoms with Crippen molar-refractivity contribution in [3.63, 3.8) is 0 Å². The van der Waals surface area contributed by atoms with Gasteiger partial charge in [0.15, 0.2) is 11.6 Å². The molecule has 20 heavy (non-hydrogen) atoms. The number of hydrogen-bond donors (Lipinski definition) is 1. The highest BCUT2D eigenvalue weighted by molar-refractivity contribution is 9.10. The van der Waals surface area contributed by atoms with E-state index in [4.69, 9.17) is 10.00 Å². The van der Waals surface area contributed by atoms with Crippen molar-refractivity contribution in [1.29, 1.82) is 5.26 Å². The van der Waals surface area contributed by atoms with E-state index in [1.54, 1.807) is 37.3 Å². The summed E-state index contributed by atoms with van der Waals surface area (Å²) in [5, 5.41) is 12.1. The highest BCUT2D eigenvalue weighted by atomic mass is 79.9. The molecule has 0 fully saturated rings. The van der Waals surface area contributed by atoms with Crippen LogP contribution in [0.3, 0.4) is 0 Å². The standard InChI is InChI=1S/C15H12BrFN2O/c1-2-20-15-6-5-12(8-13(15)17)19-14-7-11(16)4-3-10(14)9-18/h3-8,19H,2H2,1H3. The van der Waals surface area contributed by atoms with Crippen molar-refractivity contribution in [2.45, 2.75) is 6.92 Å². The van der Waals surface area contributed by atoms with Crippen LogP contribution in [0.2, 0.25) is 0 Å². The second kappa shape index (κ2) is 6.40. The fraction of sp³-hybridized carbons (Fsp3) is 0.133. The van der Waals surface area contributed by atoms with Crippen molar-refractivity contribution in [3.05, 3.63) is 52.3 Å². The van der Waals surface area contributed by atoms with Gasteiger partial charge in [-0.1, -0.05) is 15.9 Å². The molecular weight excluding hydrogens is 323 g/mol. The average Bonchev–Trinajstić information content (AvgIpc) is 2.42. The van der Waals surface area contributed by atoms with Crippen LogP contribution in [0.15, 0.2) is 40.9 Å². The Labute approximate surface area is 125 Å². The first-order valence-electron chi connectivity index (χ1n) is 6.03. The Morgan fingerprint density at radius 3 is 2.75 bits per heavy atom. The number of ether oxygens (including phenoxy) is 1. The predicted octanol–water partition coefficient (Wildman–Crippen LogP) is 4.60. The Morgan fingerprint density at radius 2 is 2.10 bits per heavy atom. The van der Waals surface area contributed by atoms with Gasteiger partial charge in [-0.25, -0.2) is 4.39 Å². The van der Waals surface area contributed by atoms with Gasteiger partial charge in [0.25, 0.3) is 0 Å². The molecule has 0 saturated heterocycles. The zero-order chi connectivity index (χ0) is 14.5. The Kier molecular flexibility index (Phi) is 4.59. The zero-order valence-electron chi connectivity index (χ0n) is 10.8. The first-order valence-corrected chi connectivity index (χ1v) is 6.82. The molecule has 0 spiro atoms. The maximum absolute atomic E-state index is 13.8. The van der Waals surface area contributed by atoms with E-state index in [0.29, 0.717) is 23.5 Å². The van der Waals surface area contributed by atoms with Gasteiger partial charge in [0.1, 0.15) is 6.07 Å². The second-order valence-electron chi connectivity index (χ2n) is 4.00. The summed E-state index contributed by atoms with van der Waals surface area (Å²) in [5.41, 5.74) is 1.66. The van der Waals surface area contributed by atoms with Gasteiger partial charge in [-0.2, -0.15) is 5.26 Å². The lowest BCUT2D eigenvalue weighted by molar-refractivity contribution is 0.321. The summed E-state index contributed by atoms with van der Waals surface area (Å²) in [4.78, 5) is 0. The van der Waals surface area contributed by atoms with E-state index < -0.39 is 5.82 Å². The van der Waals surface area contributed by atoms with Crippen molar-refractivity contribution in [2.75, 3.05) is 11.9 Å². The summed E-state index contributed by atoms with van der Waals surface area (Å²) in [5.74, 6) is -0.224. The molecule has 0 amide bonds. The minimum atomic E-state index is -0.439. The first kappa shape index (κ1) is 14.4. The highest BCUT2D eigenvalue weighted by Crippen LogP contribution is 2.27. The van der Waals surface area contributed by atoms with Gasteiger partial charge in [-0.3, -0.25) is 0 Å². The quantitative estimate of drug-likeness (QED) is 0.888. The zero-order valence-corrected chi connectivity index (χ0v) is 12.4. The molecule has 0 heterocycles. The monoisotopic (exact) mass is 334 g/mol. The fourth-order valence-electron chi connectivity index (χ4n) is 1.72. The Hall–Kier alpha value is -2.06. The second-order valence-corrected chi connectivity index (χ2v) is 4.92. The third-order valence-corrected chi connectivity index (χ3v) is 3.11. The number of anilines is 2. The summed E-state index contributed by atoms with van der Waals surface area (Å²) in [7, 11) is 0. The van der Waals surface area contributed by atoms with Crippen LogP contribution in [0, 0.1) is 17.1 Å². The minimum absolute atomic E-state index is 0.216. The molecule has 0 radical (unpaired) electrons. The minimum Gasteiger partial charge on any atom is -0.491 e. The normalized spacial score (nSPS) is 9.90. The summed E-state index contributed by atoms with van der Waals surface area (Å²) in [6.07, 6.45) is 0. The van der Waals surface area contributed by atoms with Crippen molar-refractivity contribution < 1.29 is 9.13 Å². The molecule has 5 heteroatoms. The molecule has 0 aliphatic rings. The van der Waals surface area contributed by atoms with E-state index in [1.807, 2.05) is 0 Å². The average molecular weight is 335 g/mol. The fourth-order valence-corrected chi connectivity index (χ4v) is 2.09. The summed E-state index contributed by atoms with van der Waals surface area (Å²) in [6.45, 7) is 2.21. The summed E-state index contributed by atoms with van der Waals surface area (Å²) < 4.78 is 19.7. The van der Waals surface area contributed by atoms with Crippen LogP contribution in [-0.4, -0.2) is 6.61 Å². The van der Waals surface area contributed by atoms with Crippen LogP contribution in [0.4, 0.5) is 15.8 Å². The molecule has 0 atom stereocenters. The number of nitrogens with one attached hydrogen (secondary N) is 1. The van der Waals surface area contributed by atoms with E-state index in [-0.39, 0.29) is 5.75 Å². The number of rotatable bonds is 4. The van der Waals surface area contributed by atoms with Crippen LogP contribution in [0.1, 0.15) is 12.5 Å². The van der Waals surface area contributed by atoms with Crippen LogP contribution >= 0.6 is 15.9 Å². The number of hydrogen-bond acceptors (Lipinski definition) is 3. The van der Waals surface area contributed by atoms with Gasteiger partial charge < -0.3 is 10.1 Å². The lowest BCUT2D eigenvalue weighted by Gasteiger charge is -2.10. The Balaban J connectivity index is 2.29. The van der Waals surface area contributed by atoms with Crippen molar-refractivity contribution >= 4 is 27.3 Å². The number of nitriles is 1. The van der Waals surface area contributed by atoms with Crippen molar-refractivity contribution in [1.82, 2.24) is 0 Å². The summed E-state index contributed by atoms with van der Waals surface area (Å²) in [6, 6.07) is 11.9. The van der Waals surface area contributed by atoms with E-state index in [1.165, 1.54) is 6.07 Å². The van der Waals surface area contributed by atoms with Gasteiger partial charge >= 0.3 is 0 Å². The molecule has 3 nitrogen and oxygen atoms in total. The molecule has 2 rings (SSSR count). The molecular formula is C15H12BrFN2O. The van der Waals surface area contributed by atoms with E-state index in [0.717, 1.165) is 4.47 Å². The van der Waals surface area contributed by atoms with Gasteiger partial charge in [0.05, 0.1) is 17.9 Å². The molecule has 0 aliphatic carbocycles. The lowest BCUT2D eigenvalue weighted by atomic mass is 10.2. The maximum atomic E-state index is 13.8. The van der Waals surface area contributed by atoms with E-state index in [9.17, 15) is 4.39 Å². The van der Waals surface area contributed by atoms with Crippen LogP contribution in [0.5, 0.6) is 5.75 Å². The molecule has 2 aromatic rings. The molecule has 0 aliphatic heterocycles. The van der Waals surface area contributed by atoms with Gasteiger partial charge in [0, 0.05) is 16.2 Å². The number of benzene rings is 2. The highest BCUT2D eigenvalue weighted by Gasteiger charge is 2.07. The Morgan fingerprint density at radius 1 is 1.30 bits per heavy atom. The van der Waals surface area contributed by atoms with E-state index >= 15 is 0 Å². The SMILES string of the molecule is CCOc1ccc(Nc2cc(Br)ccc2C#N)cc1F. The third-order valence-electron chi connectivity index (χ3n) is 2.61. The smallest absolute Gasteiger partial charge is 0.167 e. The van der Waals surface area contributed by atoms with Crippen LogP contribution in [0.25, 0.3) is 0 Å². The molecule has 102 valence electrons. The lowest BCUT2D eigenvalue weighted by Crippen LogP contribution is -1.97. The molecule has 0 unspecified atom stereocenters.